The molecule has 0 radical (unpaired) electrons. The number of likely N-dealkylation sites (N-methyl/N-ethyl adjacent to an activating group) is 2. The van der Waals surface area contributed by atoms with Crippen molar-refractivity contribution in [2.45, 2.75) is 129 Å². The number of methoxy groups -OCH3 is 2. The van der Waals surface area contributed by atoms with Gasteiger partial charge in [-0.1, -0.05) is 97.4 Å². The van der Waals surface area contributed by atoms with Crippen LogP contribution in [0.5, 0.6) is 0 Å². The number of rotatable bonds is 24. The number of carboxylic acid groups (broad SMARTS) is 1. The third-order valence-electron chi connectivity index (χ3n) is 12.5. The van der Waals surface area contributed by atoms with Gasteiger partial charge in [-0.05, 0) is 67.3 Å². The maximum atomic E-state index is 14.5. The van der Waals surface area contributed by atoms with E-state index in [1.165, 1.54) is 7.11 Å². The lowest BCUT2D eigenvalue weighted by molar-refractivity contribution is -0.148. The molecule has 5 N–H and O–H groups in total. The topological polar surface area (TPSA) is 184 Å². The van der Waals surface area contributed by atoms with Crippen molar-refractivity contribution in [3.05, 3.63) is 65.7 Å². The highest BCUT2D eigenvalue weighted by atomic mass is 16.5. The fourth-order valence-corrected chi connectivity index (χ4v) is 8.77. The van der Waals surface area contributed by atoms with Crippen LogP contribution in [0.3, 0.4) is 0 Å². The molecule has 0 bridgehead atoms. The minimum absolute atomic E-state index is 0.0261. The number of amides is 4. The molecular weight excluding hydrogens is 777 g/mol. The maximum Gasteiger partial charge on any atom is 0.326 e. The number of carboxylic acids is 1. The molecule has 1 fully saturated rings. The molecule has 61 heavy (non-hydrogen) atoms. The first-order chi connectivity index (χ1) is 28.9. The van der Waals surface area contributed by atoms with Crippen LogP contribution >= 0.6 is 0 Å². The van der Waals surface area contributed by atoms with Crippen LogP contribution in [0.4, 0.5) is 5.69 Å². The number of hydrogen-bond acceptors (Lipinski definition) is 9. The zero-order chi connectivity index (χ0) is 45.6. The van der Waals surface area contributed by atoms with Crippen LogP contribution in [0.2, 0.25) is 0 Å². The van der Waals surface area contributed by atoms with E-state index < -0.39 is 60.2 Å². The molecule has 2 aromatic rings. The summed E-state index contributed by atoms with van der Waals surface area (Å²) in [6, 6.07) is 13.4. The van der Waals surface area contributed by atoms with Crippen LogP contribution < -0.4 is 16.4 Å². The van der Waals surface area contributed by atoms with Gasteiger partial charge in [-0.15, -0.1) is 0 Å². The molecule has 1 heterocycles. The van der Waals surface area contributed by atoms with Gasteiger partial charge in [0.15, 0.2) is 0 Å². The zero-order valence-electron chi connectivity index (χ0n) is 38.4. The average Bonchev–Trinajstić information content (AvgIpc) is 3.71. The summed E-state index contributed by atoms with van der Waals surface area (Å²) in [5.74, 6) is -3.39. The summed E-state index contributed by atoms with van der Waals surface area (Å²) in [4.78, 5) is 74.0. The van der Waals surface area contributed by atoms with Crippen LogP contribution in [0, 0.1) is 23.7 Å². The van der Waals surface area contributed by atoms with Crippen LogP contribution in [0.15, 0.2) is 54.6 Å². The molecule has 0 spiro atoms. The number of likely N-dealkylation sites (tertiary alicyclic amines) is 1. The van der Waals surface area contributed by atoms with Crippen molar-refractivity contribution in [1.82, 2.24) is 25.3 Å². The lowest BCUT2D eigenvalue weighted by Gasteiger charge is -2.41. The van der Waals surface area contributed by atoms with Gasteiger partial charge in [0.05, 0.1) is 42.7 Å². The van der Waals surface area contributed by atoms with E-state index in [1.807, 2.05) is 108 Å². The lowest BCUT2D eigenvalue weighted by atomic mass is 9.89. The quantitative estimate of drug-likeness (QED) is 0.109. The van der Waals surface area contributed by atoms with Crippen LogP contribution in [0.1, 0.15) is 85.3 Å². The summed E-state index contributed by atoms with van der Waals surface area (Å²) < 4.78 is 12.0. The Hall–Kier alpha value is -4.53. The van der Waals surface area contributed by atoms with Crippen molar-refractivity contribution in [2.24, 2.45) is 23.7 Å². The van der Waals surface area contributed by atoms with Crippen molar-refractivity contribution in [3.63, 3.8) is 0 Å². The molecule has 14 heteroatoms. The van der Waals surface area contributed by atoms with Gasteiger partial charge in [-0.25, -0.2) is 4.79 Å². The lowest BCUT2D eigenvalue weighted by Crippen LogP contribution is -2.60. The number of nitrogens with zero attached hydrogens (tertiary/aromatic N) is 3. The van der Waals surface area contributed by atoms with Gasteiger partial charge in [0.25, 0.3) is 0 Å². The van der Waals surface area contributed by atoms with E-state index in [1.54, 1.807) is 30.9 Å². The number of aliphatic carboxylic acids is 1. The van der Waals surface area contributed by atoms with E-state index in [0.29, 0.717) is 38.0 Å². The van der Waals surface area contributed by atoms with E-state index >= 15 is 0 Å². The van der Waals surface area contributed by atoms with Gasteiger partial charge >= 0.3 is 5.97 Å². The zero-order valence-corrected chi connectivity index (χ0v) is 38.4. The molecule has 0 aliphatic carbocycles. The molecule has 1 aliphatic heterocycles. The molecule has 1 aliphatic rings. The number of ether oxygens (including phenoxy) is 2. The summed E-state index contributed by atoms with van der Waals surface area (Å²) >= 11 is 0. The number of anilines is 1. The molecule has 2 aromatic carbocycles. The molecular formula is C47H74N6O8. The number of nitrogens with two attached hydrogens (primary N) is 1. The highest BCUT2D eigenvalue weighted by Crippen LogP contribution is 2.30. The highest BCUT2D eigenvalue weighted by molar-refractivity contribution is 5.90. The average molecular weight is 851 g/mol. The van der Waals surface area contributed by atoms with Crippen molar-refractivity contribution < 1.29 is 38.6 Å². The Labute approximate surface area is 364 Å². The number of carbonyl (C=O) groups excluding carboxylic acids is 4. The van der Waals surface area contributed by atoms with Gasteiger partial charge in [-0.2, -0.15) is 0 Å². The molecule has 0 saturated carbocycles. The Morgan fingerprint density at radius 1 is 0.869 bits per heavy atom. The molecule has 1 saturated heterocycles. The van der Waals surface area contributed by atoms with E-state index in [-0.39, 0.29) is 48.3 Å². The summed E-state index contributed by atoms with van der Waals surface area (Å²) in [6.07, 6.45) is 1.46. The summed E-state index contributed by atoms with van der Waals surface area (Å²) in [5, 5.41) is 15.7. The normalized spacial score (nSPS) is 18.2. The highest BCUT2D eigenvalue weighted by Gasteiger charge is 2.43. The second-order valence-corrected chi connectivity index (χ2v) is 17.6. The summed E-state index contributed by atoms with van der Waals surface area (Å²) in [5.41, 5.74) is 8.46. The van der Waals surface area contributed by atoms with Crippen LogP contribution in [-0.2, 0) is 46.3 Å². The summed E-state index contributed by atoms with van der Waals surface area (Å²) in [7, 11) is 6.69. The van der Waals surface area contributed by atoms with Gasteiger partial charge in [-0.3, -0.25) is 24.1 Å². The largest absolute Gasteiger partial charge is 0.480 e. The van der Waals surface area contributed by atoms with E-state index in [4.69, 9.17) is 15.2 Å². The predicted molar refractivity (Wildman–Crippen MR) is 238 cm³/mol. The molecule has 0 aromatic heterocycles. The number of benzene rings is 2. The second-order valence-electron chi connectivity index (χ2n) is 17.6. The third kappa shape index (κ3) is 14.0. The van der Waals surface area contributed by atoms with Crippen molar-refractivity contribution in [3.8, 4) is 0 Å². The van der Waals surface area contributed by atoms with Gasteiger partial charge < -0.3 is 40.7 Å². The number of nitrogens with one attached hydrogen (secondary N) is 2. The van der Waals surface area contributed by atoms with Crippen LogP contribution in [-0.4, -0.2) is 133 Å². The minimum atomic E-state index is -1.14. The number of nitrogen functional groups attached to an aromatic ring is 1. The van der Waals surface area contributed by atoms with Gasteiger partial charge in [0.2, 0.25) is 23.6 Å². The van der Waals surface area contributed by atoms with E-state index in [0.717, 1.165) is 17.5 Å². The Morgan fingerprint density at radius 3 is 2.05 bits per heavy atom. The fraction of sp³-hybridized carbons (Fsp3) is 0.638. The smallest absolute Gasteiger partial charge is 0.326 e. The monoisotopic (exact) mass is 851 g/mol. The Bertz CT molecular complexity index is 1710. The maximum absolute atomic E-state index is 14.5. The molecule has 9 atom stereocenters. The van der Waals surface area contributed by atoms with E-state index in [2.05, 4.69) is 10.6 Å². The van der Waals surface area contributed by atoms with Crippen molar-refractivity contribution in [1.29, 1.82) is 0 Å². The standard InChI is InChI=1S/C47H74N6O8/c1-12-31(6)42(52(9)46(57)40(29(2)3)50-45(56)41(30(4)5)51(8)26-24-33-20-22-35(48)23-21-33)38(60-10)28-39(54)53-25-16-19-37(53)43(61-11)32(7)44(55)49-36(47(58)59)27-34-17-14-13-15-18-34/h13-15,17-18,20-23,29-32,36-38,40-43H,12,16,19,24-28,48H2,1-11H3,(H,49,55)(H,50,56)(H,58,59)/t31-,32+,36-,37-,38+,40-,41-,42?,43+/m0/s1. The molecule has 14 nitrogen and oxygen atoms in total. The Kier molecular flexibility index (Phi) is 20.2. The van der Waals surface area contributed by atoms with Gasteiger partial charge in [0, 0.05) is 46.5 Å². The SMILES string of the molecule is CC[C@H](C)C([C@@H](CC(=O)N1CCC[C@H]1[C@H](OC)[C@@H](C)C(=O)N[C@@H](Cc1ccccc1)C(=O)O)OC)N(C)C(=O)[C@@H](NC(=O)[C@H](C(C)C)N(C)CCc1ccc(N)cc1)C(C)C. The van der Waals surface area contributed by atoms with Gasteiger partial charge in [0.1, 0.15) is 12.1 Å². The molecule has 340 valence electrons. The van der Waals surface area contributed by atoms with Crippen molar-refractivity contribution in [2.75, 3.05) is 47.1 Å². The predicted octanol–water partition coefficient (Wildman–Crippen LogP) is 4.64. The van der Waals surface area contributed by atoms with E-state index in [9.17, 15) is 29.1 Å². The first-order valence-corrected chi connectivity index (χ1v) is 21.9. The fourth-order valence-electron chi connectivity index (χ4n) is 8.77. The number of carbonyl (C=O) groups is 5. The second kappa shape index (κ2) is 24.2. The first-order valence-electron chi connectivity index (χ1n) is 21.9. The van der Waals surface area contributed by atoms with Crippen LogP contribution in [0.25, 0.3) is 0 Å². The minimum Gasteiger partial charge on any atom is -0.480 e. The molecule has 4 amide bonds. The summed E-state index contributed by atoms with van der Waals surface area (Å²) in [6.45, 7) is 14.7. The molecule has 3 rings (SSSR count). The third-order valence-corrected chi connectivity index (χ3v) is 12.5. The Morgan fingerprint density at radius 2 is 1.51 bits per heavy atom. The first kappa shape index (κ1) is 50.8. The Balaban J connectivity index is 1.76. The molecule has 1 unspecified atom stereocenters. The van der Waals surface area contributed by atoms with Crippen molar-refractivity contribution >= 4 is 35.3 Å². The number of hydrogen-bond donors (Lipinski definition) is 4.